The lowest BCUT2D eigenvalue weighted by Gasteiger charge is -2.07. The smallest absolute Gasteiger partial charge is 0.235 e. The van der Waals surface area contributed by atoms with Gasteiger partial charge in [-0.25, -0.2) is 15.0 Å². The molecule has 3 nitrogen and oxygen atoms in total. The normalized spacial score (nSPS) is 12.0. The van der Waals surface area contributed by atoms with Gasteiger partial charge >= 0.3 is 6.18 Å². The quantitative estimate of drug-likeness (QED) is 0.657. The zero-order chi connectivity index (χ0) is 11.1. The Balaban J connectivity index is 2.80. The predicted molar refractivity (Wildman–Crippen MR) is 47.3 cm³/mol. The van der Waals surface area contributed by atoms with E-state index in [9.17, 15) is 13.2 Å². The van der Waals surface area contributed by atoms with Gasteiger partial charge in [-0.3, -0.25) is 0 Å². The number of alkyl halides is 3. The van der Waals surface area contributed by atoms with Crippen LogP contribution in [0.1, 0.15) is 5.69 Å². The van der Waals surface area contributed by atoms with E-state index in [1.165, 1.54) is 12.1 Å². The number of fused-ring (bicyclic) bond motifs is 1. The van der Waals surface area contributed by atoms with Gasteiger partial charge in [-0.05, 0) is 12.1 Å². The van der Waals surface area contributed by atoms with Gasteiger partial charge in [0.05, 0.1) is 5.52 Å². The zero-order valence-electron chi connectivity index (χ0n) is 7.09. The second kappa shape index (κ2) is 3.30. The topological polar surface area (TPSA) is 38.7 Å². The van der Waals surface area contributed by atoms with Crippen molar-refractivity contribution in [2.24, 2.45) is 0 Å². The lowest BCUT2D eigenvalue weighted by molar-refractivity contribution is -0.140. The molecule has 15 heavy (non-hydrogen) atoms. The molecule has 78 valence electrons. The van der Waals surface area contributed by atoms with Crippen LogP contribution in [0.4, 0.5) is 13.2 Å². The molecule has 0 aliphatic rings. The first-order chi connectivity index (χ1) is 6.98. The number of nitrogens with zero attached hydrogens (tertiary/aromatic N) is 3. The van der Waals surface area contributed by atoms with E-state index in [0.29, 0.717) is 0 Å². The van der Waals surface area contributed by atoms with Crippen LogP contribution in [0.3, 0.4) is 0 Å². The summed E-state index contributed by atoms with van der Waals surface area (Å²) < 4.78 is 37.4. The highest BCUT2D eigenvalue weighted by molar-refractivity contribution is 6.29. The summed E-state index contributed by atoms with van der Waals surface area (Å²) in [6.07, 6.45) is -3.71. The molecule has 0 aromatic carbocycles. The van der Waals surface area contributed by atoms with Gasteiger partial charge in [0.1, 0.15) is 17.0 Å². The molecule has 0 N–H and O–H groups in total. The summed E-state index contributed by atoms with van der Waals surface area (Å²) in [5.41, 5.74) is -1.30. The van der Waals surface area contributed by atoms with Crippen molar-refractivity contribution in [1.29, 1.82) is 0 Å². The molecule has 0 saturated heterocycles. The minimum absolute atomic E-state index is 0.0252. The van der Waals surface area contributed by atoms with Crippen LogP contribution in [0.25, 0.3) is 11.0 Å². The first-order valence-corrected chi connectivity index (χ1v) is 4.21. The van der Waals surface area contributed by atoms with Crippen molar-refractivity contribution in [3.8, 4) is 0 Å². The van der Waals surface area contributed by atoms with Crippen LogP contribution in [0.15, 0.2) is 18.5 Å². The summed E-state index contributed by atoms with van der Waals surface area (Å²) in [6.45, 7) is 0. The van der Waals surface area contributed by atoms with Gasteiger partial charge in [0, 0.05) is 0 Å². The predicted octanol–water partition coefficient (Wildman–Crippen LogP) is 2.70. The Morgan fingerprint density at radius 3 is 2.53 bits per heavy atom. The molecule has 0 bridgehead atoms. The van der Waals surface area contributed by atoms with Gasteiger partial charge in [-0.15, -0.1) is 0 Å². The van der Waals surface area contributed by atoms with Crippen LogP contribution >= 0.6 is 11.6 Å². The molecular weight excluding hydrogens is 231 g/mol. The lowest BCUT2D eigenvalue weighted by atomic mass is 10.3. The average molecular weight is 234 g/mol. The number of hydrogen-bond donors (Lipinski definition) is 0. The average Bonchev–Trinajstić information content (AvgIpc) is 2.15. The second-order valence-corrected chi connectivity index (χ2v) is 3.11. The Hall–Kier alpha value is -1.43. The molecule has 0 aliphatic carbocycles. The third-order valence-corrected chi connectivity index (χ3v) is 1.93. The highest BCUT2D eigenvalue weighted by atomic mass is 35.5. The molecule has 0 spiro atoms. The minimum atomic E-state index is -4.56. The monoisotopic (exact) mass is 233 g/mol. The van der Waals surface area contributed by atoms with Crippen LogP contribution < -0.4 is 0 Å². The Bertz CT molecular complexity index is 512. The third kappa shape index (κ3) is 1.85. The van der Waals surface area contributed by atoms with E-state index in [2.05, 4.69) is 15.0 Å². The largest absolute Gasteiger partial charge is 0.435 e. The van der Waals surface area contributed by atoms with E-state index in [-0.39, 0.29) is 16.2 Å². The van der Waals surface area contributed by atoms with Crippen LogP contribution in [0.2, 0.25) is 5.15 Å². The maximum absolute atomic E-state index is 12.5. The number of halogens is 4. The fourth-order valence-electron chi connectivity index (χ4n) is 1.12. The van der Waals surface area contributed by atoms with Crippen molar-refractivity contribution in [2.75, 3.05) is 0 Å². The molecule has 0 radical (unpaired) electrons. The highest BCUT2D eigenvalue weighted by Crippen LogP contribution is 2.31. The van der Waals surface area contributed by atoms with Crippen molar-refractivity contribution in [3.05, 3.63) is 29.3 Å². The van der Waals surface area contributed by atoms with Gasteiger partial charge in [0.2, 0.25) is 0 Å². The highest BCUT2D eigenvalue weighted by Gasteiger charge is 2.35. The van der Waals surface area contributed by atoms with Gasteiger partial charge in [0.15, 0.2) is 5.69 Å². The molecule has 0 fully saturated rings. The van der Waals surface area contributed by atoms with E-state index >= 15 is 0 Å². The molecule has 2 aromatic rings. The Labute approximate surface area is 86.9 Å². The van der Waals surface area contributed by atoms with Crippen molar-refractivity contribution in [3.63, 3.8) is 0 Å². The summed E-state index contributed by atoms with van der Waals surface area (Å²) >= 11 is 5.51. The van der Waals surface area contributed by atoms with Gasteiger partial charge in [0.25, 0.3) is 0 Å². The number of hydrogen-bond acceptors (Lipinski definition) is 3. The van der Waals surface area contributed by atoms with Crippen molar-refractivity contribution in [2.45, 2.75) is 6.18 Å². The first-order valence-electron chi connectivity index (χ1n) is 3.83. The van der Waals surface area contributed by atoms with E-state index < -0.39 is 11.9 Å². The van der Waals surface area contributed by atoms with Crippen LogP contribution in [0.5, 0.6) is 0 Å². The first kappa shape index (κ1) is 10.1. The molecule has 0 aliphatic heterocycles. The summed E-state index contributed by atoms with van der Waals surface area (Å²) in [5.74, 6) is 0. The Kier molecular flexibility index (Phi) is 2.22. The molecule has 7 heteroatoms. The molecular formula is C8H3ClF3N3. The van der Waals surface area contributed by atoms with Crippen molar-refractivity contribution in [1.82, 2.24) is 15.0 Å². The number of pyridine rings is 1. The van der Waals surface area contributed by atoms with Gasteiger partial charge < -0.3 is 0 Å². The van der Waals surface area contributed by atoms with Crippen LogP contribution in [0, 0.1) is 0 Å². The van der Waals surface area contributed by atoms with Gasteiger partial charge in [-0.1, -0.05) is 11.6 Å². The molecule has 2 heterocycles. The molecule has 2 rings (SSSR count). The fourth-order valence-corrected chi connectivity index (χ4v) is 1.27. The summed E-state index contributed by atoms with van der Waals surface area (Å²) in [4.78, 5) is 10.4. The molecule has 0 saturated carbocycles. The standard InChI is InChI=1S/C8H3ClF3N3/c9-5-2-1-4-6(15-5)7(8(10,11)12)14-3-13-4/h1-3H. The summed E-state index contributed by atoms with van der Waals surface area (Å²) in [6, 6.07) is 2.73. The van der Waals surface area contributed by atoms with Gasteiger partial charge in [-0.2, -0.15) is 13.2 Å². The van der Waals surface area contributed by atoms with Crippen LogP contribution in [-0.2, 0) is 6.18 Å². The minimum Gasteiger partial charge on any atom is -0.235 e. The second-order valence-electron chi connectivity index (χ2n) is 2.72. The van der Waals surface area contributed by atoms with E-state index in [0.717, 1.165) is 6.33 Å². The van der Waals surface area contributed by atoms with Crippen LogP contribution in [-0.4, -0.2) is 15.0 Å². The molecule has 0 amide bonds. The zero-order valence-corrected chi connectivity index (χ0v) is 7.84. The summed E-state index contributed by atoms with van der Waals surface area (Å²) in [5, 5.41) is -0.0252. The van der Waals surface area contributed by atoms with E-state index in [4.69, 9.17) is 11.6 Å². The molecule has 2 aromatic heterocycles. The van der Waals surface area contributed by atoms with Crippen molar-refractivity contribution < 1.29 is 13.2 Å². The van der Waals surface area contributed by atoms with Crippen molar-refractivity contribution >= 4 is 22.6 Å². The molecule has 0 unspecified atom stereocenters. The van der Waals surface area contributed by atoms with E-state index in [1.54, 1.807) is 0 Å². The fraction of sp³-hybridized carbons (Fsp3) is 0.125. The summed E-state index contributed by atoms with van der Waals surface area (Å²) in [7, 11) is 0. The maximum Gasteiger partial charge on any atom is 0.435 e. The maximum atomic E-state index is 12.5. The Morgan fingerprint density at radius 1 is 1.13 bits per heavy atom. The van der Waals surface area contributed by atoms with E-state index in [1.807, 2.05) is 0 Å². The molecule has 0 atom stereocenters. The number of aromatic nitrogens is 3. The Morgan fingerprint density at radius 2 is 1.87 bits per heavy atom. The number of rotatable bonds is 0. The SMILES string of the molecule is FC(F)(F)c1ncnc2ccc(Cl)nc12. The lowest BCUT2D eigenvalue weighted by Crippen LogP contribution is -2.10. The third-order valence-electron chi connectivity index (χ3n) is 1.72.